The summed E-state index contributed by atoms with van der Waals surface area (Å²) in [5.74, 6) is -1.07. The van der Waals surface area contributed by atoms with Gasteiger partial charge in [0.05, 0.1) is 11.5 Å². The van der Waals surface area contributed by atoms with Gasteiger partial charge in [-0.25, -0.2) is 18.0 Å². The van der Waals surface area contributed by atoms with Crippen LogP contribution >= 0.6 is 0 Å². The lowest BCUT2D eigenvalue weighted by molar-refractivity contribution is -0.131. The van der Waals surface area contributed by atoms with Gasteiger partial charge in [0.15, 0.2) is 0 Å². The van der Waals surface area contributed by atoms with Crippen molar-refractivity contribution in [1.29, 1.82) is 0 Å². The number of hydrogen-bond donors (Lipinski definition) is 1. The molecule has 2 rings (SSSR count). The van der Waals surface area contributed by atoms with Gasteiger partial charge >= 0.3 is 12.1 Å². The van der Waals surface area contributed by atoms with Gasteiger partial charge in [-0.15, -0.1) is 0 Å². The summed E-state index contributed by atoms with van der Waals surface area (Å²) in [5, 5.41) is 8.60. The Morgan fingerprint density at radius 2 is 1.76 bits per heavy atom. The molecule has 1 aromatic carbocycles. The molecule has 0 bridgehead atoms. The van der Waals surface area contributed by atoms with Gasteiger partial charge in [0.25, 0.3) is 0 Å². The van der Waals surface area contributed by atoms with Crippen LogP contribution in [0.3, 0.4) is 0 Å². The average Bonchev–Trinajstić information content (AvgIpc) is 2.60. The van der Waals surface area contributed by atoms with Gasteiger partial charge in [0.1, 0.15) is 0 Å². The number of sulfonamides is 1. The van der Waals surface area contributed by atoms with Crippen LogP contribution in [0.1, 0.15) is 12.5 Å². The van der Waals surface area contributed by atoms with Crippen LogP contribution < -0.4 is 0 Å². The fraction of sp³-hybridized carbons (Fsp3) is 0.375. The first-order valence-corrected chi connectivity index (χ1v) is 9.21. The zero-order valence-corrected chi connectivity index (χ0v) is 14.6. The van der Waals surface area contributed by atoms with Crippen molar-refractivity contribution in [3.8, 4) is 0 Å². The molecule has 1 amide bonds. The van der Waals surface area contributed by atoms with Gasteiger partial charge in [0, 0.05) is 32.3 Å². The third kappa shape index (κ3) is 4.80. The second-order valence-electron chi connectivity index (χ2n) is 5.33. The van der Waals surface area contributed by atoms with Crippen molar-refractivity contribution in [2.24, 2.45) is 0 Å². The normalized spacial score (nSPS) is 16.1. The largest absolute Gasteiger partial charge is 0.478 e. The molecule has 0 saturated carbocycles. The van der Waals surface area contributed by atoms with Gasteiger partial charge in [-0.1, -0.05) is 12.1 Å². The van der Waals surface area contributed by atoms with Crippen LogP contribution in [0.2, 0.25) is 0 Å². The molecule has 0 atom stereocenters. The maximum absolute atomic E-state index is 12.6. The first-order valence-electron chi connectivity index (χ1n) is 7.77. The van der Waals surface area contributed by atoms with E-state index in [9.17, 15) is 18.0 Å². The minimum absolute atomic E-state index is 0.129. The van der Waals surface area contributed by atoms with Crippen LogP contribution in [0.15, 0.2) is 35.2 Å². The maximum Gasteiger partial charge on any atom is 0.409 e. The molecule has 0 aliphatic carbocycles. The van der Waals surface area contributed by atoms with Gasteiger partial charge in [0.2, 0.25) is 10.0 Å². The number of nitrogens with zero attached hydrogens (tertiary/aromatic N) is 2. The number of carbonyl (C=O) groups is 2. The van der Waals surface area contributed by atoms with Crippen LogP contribution in [0, 0.1) is 0 Å². The SMILES string of the molecule is CCOC(=O)N1CCN(S(=O)(=O)c2ccc(/C=C/C(=O)O)cc2)CC1. The van der Waals surface area contributed by atoms with E-state index < -0.39 is 22.1 Å². The highest BCUT2D eigenvalue weighted by molar-refractivity contribution is 7.89. The summed E-state index contributed by atoms with van der Waals surface area (Å²) in [7, 11) is -3.66. The number of rotatable bonds is 5. The number of carbonyl (C=O) groups excluding carboxylic acids is 1. The van der Waals surface area contributed by atoms with Crippen LogP contribution in [0.4, 0.5) is 4.79 Å². The summed E-state index contributed by atoms with van der Waals surface area (Å²) in [4.78, 5) is 23.8. The van der Waals surface area contributed by atoms with Crippen molar-refractivity contribution < 1.29 is 27.9 Å². The van der Waals surface area contributed by atoms with Crippen LogP contribution in [0.25, 0.3) is 6.08 Å². The van der Waals surface area contributed by atoms with Gasteiger partial charge < -0.3 is 14.7 Å². The molecular weight excluding hydrogens is 348 g/mol. The predicted molar refractivity (Wildman–Crippen MR) is 90.5 cm³/mol. The minimum atomic E-state index is -3.66. The van der Waals surface area contributed by atoms with Crippen molar-refractivity contribution in [3.63, 3.8) is 0 Å². The first-order chi connectivity index (χ1) is 11.8. The third-order valence-corrected chi connectivity index (χ3v) is 5.61. The molecule has 136 valence electrons. The smallest absolute Gasteiger partial charge is 0.409 e. The van der Waals surface area contributed by atoms with E-state index in [-0.39, 0.29) is 37.7 Å². The monoisotopic (exact) mass is 368 g/mol. The molecule has 0 unspecified atom stereocenters. The van der Waals surface area contributed by atoms with Crippen molar-refractivity contribution in [3.05, 3.63) is 35.9 Å². The van der Waals surface area contributed by atoms with E-state index in [1.165, 1.54) is 27.4 Å². The van der Waals surface area contributed by atoms with Crippen LogP contribution in [-0.4, -0.2) is 67.6 Å². The molecule has 0 spiro atoms. The lowest BCUT2D eigenvalue weighted by Gasteiger charge is -2.33. The number of carboxylic acids is 1. The molecule has 1 aromatic rings. The first kappa shape index (κ1) is 18.9. The second-order valence-corrected chi connectivity index (χ2v) is 7.27. The third-order valence-electron chi connectivity index (χ3n) is 3.70. The van der Waals surface area contributed by atoms with E-state index in [0.29, 0.717) is 5.56 Å². The molecular formula is C16H20N2O6S. The minimum Gasteiger partial charge on any atom is -0.478 e. The lowest BCUT2D eigenvalue weighted by atomic mass is 10.2. The molecule has 1 aliphatic heterocycles. The Kier molecular flexibility index (Phi) is 6.16. The molecule has 0 radical (unpaired) electrons. The Morgan fingerprint density at radius 1 is 1.16 bits per heavy atom. The molecule has 1 saturated heterocycles. The Hall–Kier alpha value is -2.39. The van der Waals surface area contributed by atoms with Gasteiger partial charge in [-0.2, -0.15) is 4.31 Å². The summed E-state index contributed by atoms with van der Waals surface area (Å²) in [6.07, 6.45) is 1.93. The molecule has 25 heavy (non-hydrogen) atoms. The number of aliphatic carboxylic acids is 1. The highest BCUT2D eigenvalue weighted by atomic mass is 32.2. The maximum atomic E-state index is 12.6. The molecule has 1 aliphatic rings. The number of ether oxygens (including phenoxy) is 1. The molecule has 1 fully saturated rings. The van der Waals surface area contributed by atoms with E-state index in [1.807, 2.05) is 0 Å². The van der Waals surface area contributed by atoms with Crippen LogP contribution in [0.5, 0.6) is 0 Å². The average molecular weight is 368 g/mol. The number of carboxylic acid groups (broad SMARTS) is 1. The quantitative estimate of drug-likeness (QED) is 0.785. The molecule has 1 N–H and O–H groups in total. The fourth-order valence-electron chi connectivity index (χ4n) is 2.39. The topological polar surface area (TPSA) is 104 Å². The van der Waals surface area contributed by atoms with Gasteiger partial charge in [-0.3, -0.25) is 0 Å². The second kappa shape index (κ2) is 8.13. The van der Waals surface area contributed by atoms with E-state index in [1.54, 1.807) is 19.1 Å². The van der Waals surface area contributed by atoms with Gasteiger partial charge in [-0.05, 0) is 30.7 Å². The highest BCUT2D eigenvalue weighted by Crippen LogP contribution is 2.19. The Morgan fingerprint density at radius 3 is 2.28 bits per heavy atom. The Balaban J connectivity index is 2.04. The van der Waals surface area contributed by atoms with Crippen LogP contribution in [-0.2, 0) is 19.6 Å². The number of piperazine rings is 1. The predicted octanol–water partition coefficient (Wildman–Crippen LogP) is 1.25. The van der Waals surface area contributed by atoms with Crippen molar-refractivity contribution in [1.82, 2.24) is 9.21 Å². The number of benzene rings is 1. The molecule has 1 heterocycles. The molecule has 8 nitrogen and oxygen atoms in total. The van der Waals surface area contributed by atoms with E-state index in [0.717, 1.165) is 6.08 Å². The zero-order valence-electron chi connectivity index (χ0n) is 13.8. The summed E-state index contributed by atoms with van der Waals surface area (Å²) < 4.78 is 31.5. The number of amides is 1. The Bertz CT molecular complexity index is 749. The highest BCUT2D eigenvalue weighted by Gasteiger charge is 2.30. The summed E-state index contributed by atoms with van der Waals surface area (Å²) in [6, 6.07) is 5.96. The van der Waals surface area contributed by atoms with Crippen molar-refractivity contribution >= 4 is 28.2 Å². The van der Waals surface area contributed by atoms with E-state index in [4.69, 9.17) is 9.84 Å². The molecule has 9 heteroatoms. The van der Waals surface area contributed by atoms with Crippen molar-refractivity contribution in [2.45, 2.75) is 11.8 Å². The van der Waals surface area contributed by atoms with E-state index >= 15 is 0 Å². The number of hydrogen-bond acceptors (Lipinski definition) is 5. The zero-order chi connectivity index (χ0) is 18.4. The standard InChI is InChI=1S/C16H20N2O6S/c1-2-24-16(21)17-9-11-18(12-10-17)25(22,23)14-6-3-13(4-7-14)5-8-15(19)20/h3-8H,2,9-12H2,1H3,(H,19,20)/b8-5+. The van der Waals surface area contributed by atoms with E-state index in [2.05, 4.69) is 0 Å². The summed E-state index contributed by atoms with van der Waals surface area (Å²) >= 11 is 0. The molecule has 0 aromatic heterocycles. The summed E-state index contributed by atoms with van der Waals surface area (Å²) in [5.41, 5.74) is 0.591. The Labute approximate surface area is 146 Å². The lowest BCUT2D eigenvalue weighted by Crippen LogP contribution is -2.50. The fourth-order valence-corrected chi connectivity index (χ4v) is 3.82. The summed E-state index contributed by atoms with van der Waals surface area (Å²) in [6.45, 7) is 2.94. The van der Waals surface area contributed by atoms with Crippen molar-refractivity contribution in [2.75, 3.05) is 32.8 Å².